The van der Waals surface area contributed by atoms with Gasteiger partial charge in [0.25, 0.3) is 5.91 Å². The molecule has 0 atom stereocenters. The van der Waals surface area contributed by atoms with E-state index in [-0.39, 0.29) is 17.2 Å². The average molecular weight is 317 g/mol. The highest BCUT2D eigenvalue weighted by atomic mass is 16.2. The quantitative estimate of drug-likeness (QED) is 0.885. The molecule has 5 nitrogen and oxygen atoms in total. The number of hydrogen-bond donors (Lipinski definition) is 2. The highest BCUT2D eigenvalue weighted by Crippen LogP contribution is 2.22. The van der Waals surface area contributed by atoms with Gasteiger partial charge in [0.2, 0.25) is 5.91 Å². The summed E-state index contributed by atoms with van der Waals surface area (Å²) in [6.45, 7) is 10.00. The van der Waals surface area contributed by atoms with Crippen molar-refractivity contribution in [2.45, 2.75) is 32.6 Å². The van der Waals surface area contributed by atoms with E-state index in [0.29, 0.717) is 18.5 Å². The van der Waals surface area contributed by atoms with Gasteiger partial charge in [-0.05, 0) is 23.1 Å². The molecule has 1 aliphatic heterocycles. The fraction of sp³-hybridized carbons (Fsp3) is 0.556. The standard InChI is InChI=1S/C18H27N3O2/c1-18(2,3)15-6-4-14(5-7-15)17(23)20-9-8-16(22)21-12-10-19-11-13-21/h4-7,19H,8-13H2,1-3H3,(H,20,23). The third kappa shape index (κ3) is 5.06. The van der Waals surface area contributed by atoms with Crippen LogP contribution < -0.4 is 10.6 Å². The number of piperazine rings is 1. The first-order valence-corrected chi connectivity index (χ1v) is 8.25. The van der Waals surface area contributed by atoms with E-state index in [1.165, 1.54) is 5.56 Å². The topological polar surface area (TPSA) is 61.4 Å². The highest BCUT2D eigenvalue weighted by Gasteiger charge is 2.17. The number of benzene rings is 1. The first kappa shape index (κ1) is 17.5. The molecule has 2 amide bonds. The molecule has 23 heavy (non-hydrogen) atoms. The first-order valence-electron chi connectivity index (χ1n) is 8.25. The first-order chi connectivity index (χ1) is 10.9. The summed E-state index contributed by atoms with van der Waals surface area (Å²) in [5, 5.41) is 6.04. The summed E-state index contributed by atoms with van der Waals surface area (Å²) in [5.74, 6) is -0.0200. The minimum Gasteiger partial charge on any atom is -0.352 e. The Morgan fingerprint density at radius 1 is 1.13 bits per heavy atom. The minimum absolute atomic E-state index is 0.0741. The fourth-order valence-corrected chi connectivity index (χ4v) is 2.58. The van der Waals surface area contributed by atoms with Crippen LogP contribution in [0.4, 0.5) is 0 Å². The summed E-state index contributed by atoms with van der Waals surface area (Å²) < 4.78 is 0. The van der Waals surface area contributed by atoms with Gasteiger partial charge in [0.05, 0.1) is 0 Å². The van der Waals surface area contributed by atoms with Gasteiger partial charge in [0.15, 0.2) is 0 Å². The van der Waals surface area contributed by atoms with Crippen LogP contribution in [0.15, 0.2) is 24.3 Å². The van der Waals surface area contributed by atoms with Crippen molar-refractivity contribution in [2.24, 2.45) is 0 Å². The lowest BCUT2D eigenvalue weighted by Crippen LogP contribution is -2.47. The van der Waals surface area contributed by atoms with Crippen LogP contribution in [0.3, 0.4) is 0 Å². The number of carbonyl (C=O) groups is 2. The van der Waals surface area contributed by atoms with E-state index >= 15 is 0 Å². The van der Waals surface area contributed by atoms with Crippen molar-refractivity contribution in [3.8, 4) is 0 Å². The van der Waals surface area contributed by atoms with Gasteiger partial charge in [-0.3, -0.25) is 9.59 Å². The van der Waals surface area contributed by atoms with Crippen LogP contribution in [0.1, 0.15) is 43.1 Å². The zero-order chi connectivity index (χ0) is 16.9. The van der Waals surface area contributed by atoms with Crippen LogP contribution in [0.25, 0.3) is 0 Å². The molecule has 1 aromatic carbocycles. The summed E-state index contributed by atoms with van der Waals surface area (Å²) in [6, 6.07) is 7.66. The van der Waals surface area contributed by atoms with Gasteiger partial charge in [0, 0.05) is 44.7 Å². The van der Waals surface area contributed by atoms with Crippen LogP contribution in [0, 0.1) is 0 Å². The Bertz CT molecular complexity index is 540. The Balaban J connectivity index is 1.79. The number of nitrogens with one attached hydrogen (secondary N) is 2. The Hall–Kier alpha value is -1.88. The van der Waals surface area contributed by atoms with Gasteiger partial charge in [-0.1, -0.05) is 32.9 Å². The van der Waals surface area contributed by atoms with E-state index < -0.39 is 0 Å². The Kier molecular flexibility index (Phi) is 5.77. The molecular formula is C18H27N3O2. The second-order valence-corrected chi connectivity index (χ2v) is 6.96. The van der Waals surface area contributed by atoms with Crippen molar-refractivity contribution in [1.82, 2.24) is 15.5 Å². The van der Waals surface area contributed by atoms with Crippen molar-refractivity contribution >= 4 is 11.8 Å². The minimum atomic E-state index is -0.126. The van der Waals surface area contributed by atoms with Crippen molar-refractivity contribution in [1.29, 1.82) is 0 Å². The Labute approximate surface area is 138 Å². The molecule has 1 heterocycles. The van der Waals surface area contributed by atoms with Crippen molar-refractivity contribution < 1.29 is 9.59 Å². The molecular weight excluding hydrogens is 290 g/mol. The summed E-state index contributed by atoms with van der Waals surface area (Å²) in [4.78, 5) is 26.0. The molecule has 0 bridgehead atoms. The maximum Gasteiger partial charge on any atom is 0.251 e. The fourth-order valence-electron chi connectivity index (χ4n) is 2.58. The van der Waals surface area contributed by atoms with Gasteiger partial charge in [-0.15, -0.1) is 0 Å². The molecule has 0 radical (unpaired) electrons. The monoisotopic (exact) mass is 317 g/mol. The summed E-state index contributed by atoms with van der Waals surface area (Å²) in [5.41, 5.74) is 1.90. The Morgan fingerprint density at radius 3 is 2.30 bits per heavy atom. The Morgan fingerprint density at radius 2 is 1.74 bits per heavy atom. The SMILES string of the molecule is CC(C)(C)c1ccc(C(=O)NCCC(=O)N2CCNCC2)cc1. The number of hydrogen-bond acceptors (Lipinski definition) is 3. The molecule has 2 N–H and O–H groups in total. The van der Waals surface area contributed by atoms with E-state index in [4.69, 9.17) is 0 Å². The molecule has 0 saturated carbocycles. The lowest BCUT2D eigenvalue weighted by atomic mass is 9.87. The number of amides is 2. The van der Waals surface area contributed by atoms with Gasteiger partial charge < -0.3 is 15.5 Å². The molecule has 126 valence electrons. The van der Waals surface area contributed by atoms with Crippen LogP contribution in [0.5, 0.6) is 0 Å². The molecule has 1 aliphatic rings. The van der Waals surface area contributed by atoms with E-state index in [9.17, 15) is 9.59 Å². The zero-order valence-electron chi connectivity index (χ0n) is 14.3. The van der Waals surface area contributed by atoms with E-state index in [0.717, 1.165) is 26.2 Å². The maximum absolute atomic E-state index is 12.1. The van der Waals surface area contributed by atoms with Crippen LogP contribution >= 0.6 is 0 Å². The molecule has 1 fully saturated rings. The number of nitrogens with zero attached hydrogens (tertiary/aromatic N) is 1. The molecule has 1 saturated heterocycles. The second kappa shape index (κ2) is 7.59. The lowest BCUT2D eigenvalue weighted by molar-refractivity contribution is -0.131. The largest absolute Gasteiger partial charge is 0.352 e. The van der Waals surface area contributed by atoms with Crippen molar-refractivity contribution in [3.05, 3.63) is 35.4 Å². The molecule has 0 aromatic heterocycles. The average Bonchev–Trinajstić information content (AvgIpc) is 2.54. The maximum atomic E-state index is 12.1. The molecule has 0 unspecified atom stereocenters. The van der Waals surface area contributed by atoms with Gasteiger partial charge in [-0.25, -0.2) is 0 Å². The van der Waals surface area contributed by atoms with Gasteiger partial charge >= 0.3 is 0 Å². The number of rotatable bonds is 4. The van der Waals surface area contributed by atoms with Crippen molar-refractivity contribution in [3.63, 3.8) is 0 Å². The van der Waals surface area contributed by atoms with E-state index in [1.807, 2.05) is 29.2 Å². The summed E-state index contributed by atoms with van der Waals surface area (Å²) >= 11 is 0. The molecule has 2 rings (SSSR count). The highest BCUT2D eigenvalue weighted by molar-refractivity contribution is 5.94. The molecule has 1 aromatic rings. The third-order valence-electron chi connectivity index (χ3n) is 4.11. The van der Waals surface area contributed by atoms with Crippen LogP contribution in [-0.4, -0.2) is 49.4 Å². The third-order valence-corrected chi connectivity index (χ3v) is 4.11. The van der Waals surface area contributed by atoms with E-state index in [2.05, 4.69) is 31.4 Å². The molecule has 0 aliphatic carbocycles. The van der Waals surface area contributed by atoms with Gasteiger partial charge in [0.1, 0.15) is 0 Å². The predicted octanol–water partition coefficient (Wildman–Crippen LogP) is 1.54. The predicted molar refractivity (Wildman–Crippen MR) is 91.5 cm³/mol. The van der Waals surface area contributed by atoms with Crippen molar-refractivity contribution in [2.75, 3.05) is 32.7 Å². The summed E-state index contributed by atoms with van der Waals surface area (Å²) in [6.07, 6.45) is 0.353. The van der Waals surface area contributed by atoms with E-state index in [1.54, 1.807) is 0 Å². The van der Waals surface area contributed by atoms with Crippen LogP contribution in [0.2, 0.25) is 0 Å². The summed E-state index contributed by atoms with van der Waals surface area (Å²) in [7, 11) is 0. The second-order valence-electron chi connectivity index (χ2n) is 6.96. The number of carbonyl (C=O) groups excluding carboxylic acids is 2. The van der Waals surface area contributed by atoms with Gasteiger partial charge in [-0.2, -0.15) is 0 Å². The smallest absolute Gasteiger partial charge is 0.251 e. The van der Waals surface area contributed by atoms with Crippen LogP contribution in [-0.2, 0) is 10.2 Å². The molecule has 5 heteroatoms. The zero-order valence-corrected chi connectivity index (χ0v) is 14.3. The molecule has 0 spiro atoms. The lowest BCUT2D eigenvalue weighted by Gasteiger charge is -2.27. The normalized spacial score (nSPS) is 15.3.